The predicted octanol–water partition coefficient (Wildman–Crippen LogP) is 2.44. The number of rotatable bonds is 7. The number of nitrogens with zero attached hydrogens (tertiary/aromatic N) is 2. The number of hydrogen-bond donors (Lipinski definition) is 1. The molecular formula is C18H23FN2O2S. The Morgan fingerprint density at radius 2 is 1.79 bits per heavy atom. The van der Waals surface area contributed by atoms with E-state index in [0.29, 0.717) is 12.3 Å². The van der Waals surface area contributed by atoms with Crippen LogP contribution in [0.3, 0.4) is 0 Å². The summed E-state index contributed by atoms with van der Waals surface area (Å²) < 4.78 is 18.3. The second-order valence-corrected chi connectivity index (χ2v) is 6.91. The lowest BCUT2D eigenvalue weighted by Crippen LogP contribution is -2.48. The molecule has 1 aromatic carbocycles. The lowest BCUT2D eigenvalue weighted by atomic mass is 10.2. The fourth-order valence-electron chi connectivity index (χ4n) is 2.84. The predicted molar refractivity (Wildman–Crippen MR) is 93.9 cm³/mol. The fourth-order valence-corrected chi connectivity index (χ4v) is 3.50. The average molecular weight is 350 g/mol. The zero-order valence-corrected chi connectivity index (χ0v) is 14.4. The summed E-state index contributed by atoms with van der Waals surface area (Å²) in [5, 5.41) is 14.4. The van der Waals surface area contributed by atoms with Crippen LogP contribution >= 0.6 is 11.3 Å². The molecule has 1 saturated heterocycles. The highest BCUT2D eigenvalue weighted by Crippen LogP contribution is 2.13. The number of thiophene rings is 1. The van der Waals surface area contributed by atoms with Gasteiger partial charge >= 0.3 is 0 Å². The van der Waals surface area contributed by atoms with E-state index in [9.17, 15) is 9.50 Å². The van der Waals surface area contributed by atoms with Crippen LogP contribution in [0, 0.1) is 5.82 Å². The number of β-amino-alcohol motifs (C(OH)–C–C–N with tert-alkyl or cyclic N) is 1. The minimum Gasteiger partial charge on any atom is -0.491 e. The minimum absolute atomic E-state index is 0.223. The highest BCUT2D eigenvalue weighted by Gasteiger charge is 2.19. The van der Waals surface area contributed by atoms with Gasteiger partial charge in [0.2, 0.25) is 0 Å². The third kappa shape index (κ3) is 5.27. The van der Waals surface area contributed by atoms with Gasteiger partial charge in [0.1, 0.15) is 24.3 Å². The van der Waals surface area contributed by atoms with Gasteiger partial charge in [-0.15, -0.1) is 0 Å². The summed E-state index contributed by atoms with van der Waals surface area (Å²) in [4.78, 5) is 4.71. The molecule has 0 radical (unpaired) electrons. The van der Waals surface area contributed by atoms with Gasteiger partial charge in [-0.3, -0.25) is 9.80 Å². The molecule has 0 bridgehead atoms. The molecule has 1 N–H and O–H groups in total. The van der Waals surface area contributed by atoms with Crippen molar-refractivity contribution in [2.45, 2.75) is 12.6 Å². The molecular weight excluding hydrogens is 327 g/mol. The Morgan fingerprint density at radius 1 is 1.08 bits per heavy atom. The van der Waals surface area contributed by atoms with Crippen LogP contribution in [-0.2, 0) is 6.54 Å². The molecule has 0 saturated carbocycles. The molecule has 1 atom stereocenters. The monoisotopic (exact) mass is 350 g/mol. The molecule has 2 aromatic rings. The van der Waals surface area contributed by atoms with E-state index < -0.39 is 6.10 Å². The van der Waals surface area contributed by atoms with E-state index in [4.69, 9.17) is 4.74 Å². The Morgan fingerprint density at radius 3 is 2.46 bits per heavy atom. The van der Waals surface area contributed by atoms with Crippen LogP contribution in [0.25, 0.3) is 0 Å². The van der Waals surface area contributed by atoms with Gasteiger partial charge < -0.3 is 9.84 Å². The molecule has 1 fully saturated rings. The van der Waals surface area contributed by atoms with Gasteiger partial charge in [0, 0.05) is 39.3 Å². The first-order valence-electron chi connectivity index (χ1n) is 8.21. The molecule has 4 nitrogen and oxygen atoms in total. The third-order valence-electron chi connectivity index (χ3n) is 4.18. The summed E-state index contributed by atoms with van der Waals surface area (Å²) in [6, 6.07) is 8.03. The van der Waals surface area contributed by atoms with E-state index in [1.807, 2.05) is 0 Å². The second-order valence-electron chi connectivity index (χ2n) is 6.13. The van der Waals surface area contributed by atoms with Gasteiger partial charge in [-0.1, -0.05) is 0 Å². The largest absolute Gasteiger partial charge is 0.491 e. The topological polar surface area (TPSA) is 35.9 Å². The Hall–Kier alpha value is -1.47. The quantitative estimate of drug-likeness (QED) is 0.832. The van der Waals surface area contributed by atoms with Crippen molar-refractivity contribution in [1.29, 1.82) is 0 Å². The van der Waals surface area contributed by atoms with Crippen molar-refractivity contribution in [3.63, 3.8) is 0 Å². The van der Waals surface area contributed by atoms with Crippen molar-refractivity contribution in [2.75, 3.05) is 39.3 Å². The molecule has 0 unspecified atom stereocenters. The molecule has 0 spiro atoms. The van der Waals surface area contributed by atoms with Crippen molar-refractivity contribution in [3.8, 4) is 5.75 Å². The smallest absolute Gasteiger partial charge is 0.123 e. The van der Waals surface area contributed by atoms with Gasteiger partial charge in [0.05, 0.1) is 0 Å². The van der Waals surface area contributed by atoms with Crippen LogP contribution in [-0.4, -0.2) is 60.3 Å². The van der Waals surface area contributed by atoms with Crippen molar-refractivity contribution in [1.82, 2.24) is 9.80 Å². The van der Waals surface area contributed by atoms with E-state index in [1.54, 1.807) is 23.5 Å². The lowest BCUT2D eigenvalue weighted by Gasteiger charge is -2.35. The standard InChI is InChI=1S/C18H23FN2O2S/c19-16-1-3-18(4-2-16)23-13-17(22)12-21-8-6-20(7-9-21)11-15-5-10-24-14-15/h1-5,10,14,17,22H,6-9,11-13H2/t17-/m0/s1. The summed E-state index contributed by atoms with van der Waals surface area (Å²) >= 11 is 1.74. The first kappa shape index (κ1) is 17.4. The number of aliphatic hydroxyl groups excluding tert-OH is 1. The molecule has 6 heteroatoms. The molecule has 1 aromatic heterocycles. The molecule has 130 valence electrons. The summed E-state index contributed by atoms with van der Waals surface area (Å²) in [5.74, 6) is 0.291. The zero-order valence-electron chi connectivity index (χ0n) is 13.6. The number of piperazine rings is 1. The molecule has 1 aliphatic rings. The number of hydrogen-bond acceptors (Lipinski definition) is 5. The number of aliphatic hydroxyl groups is 1. The zero-order chi connectivity index (χ0) is 16.8. The summed E-state index contributed by atoms with van der Waals surface area (Å²) in [6.45, 7) is 5.78. The van der Waals surface area contributed by atoms with Crippen molar-refractivity contribution >= 4 is 11.3 Å². The Bertz CT molecular complexity index is 598. The van der Waals surface area contributed by atoms with Gasteiger partial charge in [0.15, 0.2) is 0 Å². The number of halogens is 1. The Labute approximate surface area is 146 Å². The lowest BCUT2D eigenvalue weighted by molar-refractivity contribution is 0.0446. The maximum atomic E-state index is 12.8. The van der Waals surface area contributed by atoms with E-state index >= 15 is 0 Å². The van der Waals surface area contributed by atoms with Crippen molar-refractivity contribution in [2.24, 2.45) is 0 Å². The summed E-state index contributed by atoms with van der Waals surface area (Å²) in [5.41, 5.74) is 1.38. The maximum absolute atomic E-state index is 12.8. The van der Waals surface area contributed by atoms with E-state index in [0.717, 1.165) is 32.7 Å². The van der Waals surface area contributed by atoms with E-state index in [2.05, 4.69) is 26.6 Å². The average Bonchev–Trinajstić information content (AvgIpc) is 3.09. The number of ether oxygens (including phenoxy) is 1. The maximum Gasteiger partial charge on any atom is 0.123 e. The van der Waals surface area contributed by atoms with Crippen LogP contribution in [0.4, 0.5) is 4.39 Å². The summed E-state index contributed by atoms with van der Waals surface area (Å²) in [6.07, 6.45) is -0.543. The van der Waals surface area contributed by atoms with E-state index in [-0.39, 0.29) is 12.4 Å². The first-order valence-corrected chi connectivity index (χ1v) is 9.15. The van der Waals surface area contributed by atoms with Crippen LogP contribution in [0.1, 0.15) is 5.56 Å². The third-order valence-corrected chi connectivity index (χ3v) is 4.91. The molecule has 0 amide bonds. The minimum atomic E-state index is -0.543. The van der Waals surface area contributed by atoms with Gasteiger partial charge in [0.25, 0.3) is 0 Å². The van der Waals surface area contributed by atoms with Crippen LogP contribution in [0.5, 0.6) is 5.75 Å². The fraction of sp³-hybridized carbons (Fsp3) is 0.444. The molecule has 1 aliphatic heterocycles. The van der Waals surface area contributed by atoms with Crippen molar-refractivity contribution in [3.05, 3.63) is 52.5 Å². The van der Waals surface area contributed by atoms with Gasteiger partial charge in [-0.05, 0) is 46.7 Å². The van der Waals surface area contributed by atoms with Gasteiger partial charge in [-0.25, -0.2) is 4.39 Å². The van der Waals surface area contributed by atoms with Crippen LogP contribution < -0.4 is 4.74 Å². The molecule has 0 aliphatic carbocycles. The molecule has 2 heterocycles. The van der Waals surface area contributed by atoms with E-state index in [1.165, 1.54) is 17.7 Å². The Balaban J connectivity index is 1.35. The molecule has 3 rings (SSSR count). The Kier molecular flexibility index (Phi) is 6.20. The van der Waals surface area contributed by atoms with Crippen LogP contribution in [0.2, 0.25) is 0 Å². The van der Waals surface area contributed by atoms with Crippen LogP contribution in [0.15, 0.2) is 41.1 Å². The second kappa shape index (κ2) is 8.58. The first-order chi connectivity index (χ1) is 11.7. The molecule has 24 heavy (non-hydrogen) atoms. The number of benzene rings is 1. The normalized spacial score (nSPS) is 17.8. The highest BCUT2D eigenvalue weighted by molar-refractivity contribution is 7.07. The highest BCUT2D eigenvalue weighted by atomic mass is 32.1. The van der Waals surface area contributed by atoms with Crippen molar-refractivity contribution < 1.29 is 14.2 Å². The van der Waals surface area contributed by atoms with Gasteiger partial charge in [-0.2, -0.15) is 11.3 Å². The SMILES string of the molecule is O[C@H](COc1ccc(F)cc1)CN1CCN(Cc2ccsc2)CC1. The summed E-state index contributed by atoms with van der Waals surface area (Å²) in [7, 11) is 0.